The highest BCUT2D eigenvalue weighted by molar-refractivity contribution is 5.27. The topological polar surface area (TPSA) is 21.3 Å². The second-order valence-corrected chi connectivity index (χ2v) is 5.50. The van der Waals surface area contributed by atoms with Gasteiger partial charge in [0, 0.05) is 12.6 Å². The van der Waals surface area contributed by atoms with Gasteiger partial charge < -0.3 is 10.1 Å². The van der Waals surface area contributed by atoms with Crippen molar-refractivity contribution in [3.63, 3.8) is 0 Å². The smallest absolute Gasteiger partial charge is 0.119 e. The molecule has 0 aromatic heterocycles. The second kappa shape index (κ2) is 8.76. The van der Waals surface area contributed by atoms with E-state index in [1.165, 1.54) is 18.4 Å². The van der Waals surface area contributed by atoms with Gasteiger partial charge in [-0.25, -0.2) is 0 Å². The van der Waals surface area contributed by atoms with Gasteiger partial charge >= 0.3 is 0 Å². The lowest BCUT2D eigenvalue weighted by molar-refractivity contribution is 0.363. The Morgan fingerprint density at radius 1 is 1.16 bits per heavy atom. The molecule has 1 N–H and O–H groups in total. The molecule has 0 amide bonds. The van der Waals surface area contributed by atoms with Crippen molar-refractivity contribution in [2.75, 3.05) is 6.61 Å². The summed E-state index contributed by atoms with van der Waals surface area (Å²) in [5.74, 6) is 1.68. The lowest BCUT2D eigenvalue weighted by Crippen LogP contribution is -2.25. The van der Waals surface area contributed by atoms with Crippen LogP contribution in [-0.4, -0.2) is 12.6 Å². The van der Waals surface area contributed by atoms with E-state index >= 15 is 0 Å². The second-order valence-electron chi connectivity index (χ2n) is 5.50. The lowest BCUT2D eigenvalue weighted by atomic mass is 10.0. The molecule has 0 bridgehead atoms. The fourth-order valence-electron chi connectivity index (χ4n) is 1.84. The fourth-order valence-corrected chi connectivity index (χ4v) is 1.84. The van der Waals surface area contributed by atoms with Gasteiger partial charge in [-0.2, -0.15) is 0 Å². The van der Waals surface area contributed by atoms with Crippen molar-refractivity contribution in [2.45, 2.75) is 46.2 Å². The molecular formula is C17H27NO. The maximum atomic E-state index is 5.46. The molecule has 0 heterocycles. The number of benzene rings is 1. The Hall–Kier alpha value is -1.28. The van der Waals surface area contributed by atoms with E-state index in [1.807, 2.05) is 12.1 Å². The van der Waals surface area contributed by atoms with Crippen LogP contribution in [0.5, 0.6) is 5.75 Å². The van der Waals surface area contributed by atoms with Gasteiger partial charge in [0.1, 0.15) is 12.4 Å². The first-order valence-corrected chi connectivity index (χ1v) is 7.17. The number of hydrogen-bond acceptors (Lipinski definition) is 2. The van der Waals surface area contributed by atoms with Gasteiger partial charge in [0.25, 0.3) is 0 Å². The Kier molecular flexibility index (Phi) is 7.27. The quantitative estimate of drug-likeness (QED) is 0.674. The SMILES string of the molecule is C=CCOc1ccc(CNC(C)CCC(C)C)cc1. The molecule has 0 radical (unpaired) electrons. The lowest BCUT2D eigenvalue weighted by Gasteiger charge is -2.15. The zero-order chi connectivity index (χ0) is 14.1. The molecule has 1 rings (SSSR count). The zero-order valence-corrected chi connectivity index (χ0v) is 12.5. The average Bonchev–Trinajstić information content (AvgIpc) is 2.41. The van der Waals surface area contributed by atoms with E-state index in [9.17, 15) is 0 Å². The summed E-state index contributed by atoms with van der Waals surface area (Å²) in [5, 5.41) is 3.56. The monoisotopic (exact) mass is 261 g/mol. The first-order chi connectivity index (χ1) is 9.11. The molecule has 0 aliphatic heterocycles. The Morgan fingerprint density at radius 2 is 1.84 bits per heavy atom. The van der Waals surface area contributed by atoms with Gasteiger partial charge in [0.05, 0.1) is 0 Å². The summed E-state index contributed by atoms with van der Waals surface area (Å²) < 4.78 is 5.46. The normalized spacial score (nSPS) is 12.4. The first kappa shape index (κ1) is 15.8. The van der Waals surface area contributed by atoms with Crippen LogP contribution in [0.4, 0.5) is 0 Å². The molecule has 2 heteroatoms. The first-order valence-electron chi connectivity index (χ1n) is 7.17. The third-order valence-electron chi connectivity index (χ3n) is 3.12. The van der Waals surface area contributed by atoms with E-state index in [1.54, 1.807) is 6.08 Å². The highest BCUT2D eigenvalue weighted by atomic mass is 16.5. The van der Waals surface area contributed by atoms with Crippen LogP contribution in [0.3, 0.4) is 0 Å². The van der Waals surface area contributed by atoms with E-state index in [4.69, 9.17) is 4.74 Å². The van der Waals surface area contributed by atoms with Crippen LogP contribution in [-0.2, 0) is 6.54 Å². The zero-order valence-electron chi connectivity index (χ0n) is 12.5. The Bertz CT molecular complexity index is 356. The number of hydrogen-bond donors (Lipinski definition) is 1. The highest BCUT2D eigenvalue weighted by Gasteiger charge is 2.03. The van der Waals surface area contributed by atoms with Crippen molar-refractivity contribution in [1.82, 2.24) is 5.32 Å². The largest absolute Gasteiger partial charge is 0.490 e. The van der Waals surface area contributed by atoms with E-state index < -0.39 is 0 Å². The minimum absolute atomic E-state index is 0.559. The van der Waals surface area contributed by atoms with E-state index in [2.05, 4.69) is 44.8 Å². The number of nitrogens with one attached hydrogen (secondary N) is 1. The summed E-state index contributed by atoms with van der Waals surface area (Å²) in [4.78, 5) is 0. The summed E-state index contributed by atoms with van der Waals surface area (Å²) >= 11 is 0. The van der Waals surface area contributed by atoms with Gasteiger partial charge in [0.2, 0.25) is 0 Å². The Morgan fingerprint density at radius 3 is 2.42 bits per heavy atom. The maximum absolute atomic E-state index is 5.46. The molecular weight excluding hydrogens is 234 g/mol. The summed E-state index contributed by atoms with van der Waals surface area (Å²) in [6, 6.07) is 8.82. The Labute approximate surface area is 117 Å². The van der Waals surface area contributed by atoms with Crippen molar-refractivity contribution in [2.24, 2.45) is 5.92 Å². The van der Waals surface area contributed by atoms with Crippen molar-refractivity contribution in [1.29, 1.82) is 0 Å². The van der Waals surface area contributed by atoms with Gasteiger partial charge in [-0.3, -0.25) is 0 Å². The minimum Gasteiger partial charge on any atom is -0.490 e. The Balaban J connectivity index is 2.30. The molecule has 106 valence electrons. The van der Waals surface area contributed by atoms with Crippen molar-refractivity contribution >= 4 is 0 Å². The molecule has 0 fully saturated rings. The molecule has 2 nitrogen and oxygen atoms in total. The third-order valence-corrected chi connectivity index (χ3v) is 3.12. The third kappa shape index (κ3) is 7.02. The molecule has 1 aromatic rings. The predicted molar refractivity (Wildman–Crippen MR) is 82.5 cm³/mol. The highest BCUT2D eigenvalue weighted by Crippen LogP contribution is 2.13. The molecule has 1 aromatic carbocycles. The molecule has 0 saturated carbocycles. The molecule has 0 spiro atoms. The molecule has 1 atom stereocenters. The number of rotatable bonds is 9. The summed E-state index contributed by atoms with van der Waals surface area (Å²) in [5.41, 5.74) is 1.29. The van der Waals surface area contributed by atoms with E-state index in [0.29, 0.717) is 12.6 Å². The minimum atomic E-state index is 0.559. The van der Waals surface area contributed by atoms with Gasteiger partial charge in [-0.1, -0.05) is 38.6 Å². The summed E-state index contributed by atoms with van der Waals surface area (Å²) in [6.07, 6.45) is 4.27. The van der Waals surface area contributed by atoms with Crippen LogP contribution in [0, 0.1) is 5.92 Å². The van der Waals surface area contributed by atoms with Crippen molar-refractivity contribution < 1.29 is 4.74 Å². The van der Waals surface area contributed by atoms with Crippen LogP contribution in [0.15, 0.2) is 36.9 Å². The van der Waals surface area contributed by atoms with Gasteiger partial charge in [0.15, 0.2) is 0 Å². The molecule has 0 aliphatic carbocycles. The average molecular weight is 261 g/mol. The summed E-state index contributed by atoms with van der Waals surface area (Å²) in [7, 11) is 0. The van der Waals surface area contributed by atoms with Crippen LogP contribution in [0.1, 0.15) is 39.2 Å². The van der Waals surface area contributed by atoms with Crippen LogP contribution in [0.25, 0.3) is 0 Å². The maximum Gasteiger partial charge on any atom is 0.119 e. The summed E-state index contributed by atoms with van der Waals surface area (Å²) in [6.45, 7) is 11.9. The van der Waals surface area contributed by atoms with Crippen LogP contribution < -0.4 is 10.1 Å². The van der Waals surface area contributed by atoms with Crippen LogP contribution in [0.2, 0.25) is 0 Å². The van der Waals surface area contributed by atoms with E-state index in [0.717, 1.165) is 18.2 Å². The van der Waals surface area contributed by atoms with Crippen LogP contribution >= 0.6 is 0 Å². The van der Waals surface area contributed by atoms with Crippen molar-refractivity contribution in [3.05, 3.63) is 42.5 Å². The molecule has 1 unspecified atom stereocenters. The molecule has 0 aliphatic rings. The van der Waals surface area contributed by atoms with Gasteiger partial charge in [-0.05, 0) is 43.4 Å². The van der Waals surface area contributed by atoms with Gasteiger partial charge in [-0.15, -0.1) is 0 Å². The predicted octanol–water partition coefficient (Wildman–Crippen LogP) is 4.17. The number of ether oxygens (including phenoxy) is 1. The van der Waals surface area contributed by atoms with Crippen molar-refractivity contribution in [3.8, 4) is 5.75 Å². The molecule has 19 heavy (non-hydrogen) atoms. The fraction of sp³-hybridized carbons (Fsp3) is 0.529. The van der Waals surface area contributed by atoms with E-state index in [-0.39, 0.29) is 0 Å². The standard InChI is InChI=1S/C17H27NO/c1-5-12-19-17-10-8-16(9-11-17)13-18-15(4)7-6-14(2)3/h5,8-11,14-15,18H,1,6-7,12-13H2,2-4H3. The molecule has 0 saturated heterocycles.